The summed E-state index contributed by atoms with van der Waals surface area (Å²) in [6, 6.07) is 28.2. The van der Waals surface area contributed by atoms with Crippen molar-refractivity contribution in [1.82, 2.24) is 0 Å². The highest BCUT2D eigenvalue weighted by atomic mass is 32.2. The Labute approximate surface area is 144 Å². The molecule has 0 amide bonds. The Bertz CT molecular complexity index is 820. The maximum Gasteiger partial charge on any atom is 0.179 e. The Hall–Kier alpha value is -1.90. The van der Waals surface area contributed by atoms with Gasteiger partial charge in [0, 0.05) is 5.57 Å². The molecule has 112 valence electrons. The third-order valence-corrected chi connectivity index (χ3v) is 7.58. The van der Waals surface area contributed by atoms with Gasteiger partial charge < -0.3 is 0 Å². The monoisotopic (exact) mass is 333 g/mol. The Kier molecular flexibility index (Phi) is 4.02. The van der Waals surface area contributed by atoms with Gasteiger partial charge in [0.1, 0.15) is 5.41 Å². The summed E-state index contributed by atoms with van der Waals surface area (Å²) in [5.74, 6) is 0. The van der Waals surface area contributed by atoms with Gasteiger partial charge in [0.15, 0.2) is 9.79 Å². The van der Waals surface area contributed by atoms with E-state index >= 15 is 0 Å². The van der Waals surface area contributed by atoms with Crippen molar-refractivity contribution >= 4 is 28.2 Å². The Morgan fingerprint density at radius 2 is 1.26 bits per heavy atom. The summed E-state index contributed by atoms with van der Waals surface area (Å²) in [5.41, 5.74) is 2.64. The number of hydrogen-bond acceptors (Lipinski definition) is 1. The Morgan fingerprint density at radius 3 is 1.87 bits per heavy atom. The van der Waals surface area contributed by atoms with Crippen LogP contribution in [0.3, 0.4) is 0 Å². The second-order valence-electron chi connectivity index (χ2n) is 5.50. The van der Waals surface area contributed by atoms with Gasteiger partial charge in [0.25, 0.3) is 0 Å². The van der Waals surface area contributed by atoms with Gasteiger partial charge in [-0.3, -0.25) is 0 Å². The number of allylic oxidation sites excluding steroid dienone is 1. The molecule has 3 aromatic rings. The second kappa shape index (κ2) is 6.31. The number of fused-ring (bicyclic) bond motifs is 2. The second-order valence-corrected chi connectivity index (χ2v) is 8.37. The predicted molar refractivity (Wildman–Crippen MR) is 101 cm³/mol. The van der Waals surface area contributed by atoms with Gasteiger partial charge in [-0.1, -0.05) is 66.4 Å². The molecule has 1 heterocycles. The van der Waals surface area contributed by atoms with E-state index in [-0.39, 0.29) is 10.9 Å². The normalized spacial score (nSPS) is 14.2. The fraction of sp³-hybridized carbons (Fsp3) is 0.0476. The zero-order valence-electron chi connectivity index (χ0n) is 12.9. The fourth-order valence-corrected chi connectivity index (χ4v) is 6.40. The molecule has 0 unspecified atom stereocenters. The largest absolute Gasteiger partial charge is 0.179 e. The van der Waals surface area contributed by atoms with Crippen LogP contribution in [0.2, 0.25) is 0 Å². The van der Waals surface area contributed by atoms with Crippen LogP contribution in [0.5, 0.6) is 0 Å². The van der Waals surface area contributed by atoms with E-state index in [4.69, 9.17) is 0 Å². The first-order valence-corrected chi connectivity index (χ1v) is 9.76. The molecule has 0 atom stereocenters. The van der Waals surface area contributed by atoms with Crippen LogP contribution in [0.25, 0.3) is 5.57 Å². The molecule has 1 aliphatic rings. The number of rotatable bonds is 2. The zero-order valence-corrected chi connectivity index (χ0v) is 14.5. The number of hydrogen-bond donors (Lipinski definition) is 0. The summed E-state index contributed by atoms with van der Waals surface area (Å²) in [6.45, 7) is 2.22. The van der Waals surface area contributed by atoms with Crippen LogP contribution in [0.1, 0.15) is 12.5 Å². The maximum absolute atomic E-state index is 2.44. The molecule has 3 aromatic carbocycles. The smallest absolute Gasteiger partial charge is 0.0795 e. The molecule has 0 fully saturated rings. The molecule has 4 rings (SSSR count). The maximum atomic E-state index is 2.44. The van der Waals surface area contributed by atoms with Crippen molar-refractivity contribution in [2.45, 2.75) is 26.5 Å². The van der Waals surface area contributed by atoms with Crippen LogP contribution in [-0.2, 0) is 10.9 Å². The molecule has 0 saturated carbocycles. The lowest BCUT2D eigenvalue weighted by Crippen LogP contribution is -2.07. The average Bonchev–Trinajstić information content (AvgIpc) is 2.62. The topological polar surface area (TPSA) is 0 Å². The molecule has 0 nitrogen and oxygen atoms in total. The van der Waals surface area contributed by atoms with Gasteiger partial charge in [-0.15, -0.1) is 0 Å². The van der Waals surface area contributed by atoms with Crippen LogP contribution in [0.15, 0.2) is 104 Å². The average molecular weight is 334 g/mol. The summed E-state index contributed by atoms with van der Waals surface area (Å²) in [7, 11) is -0.00799. The minimum atomic E-state index is -0.00799. The van der Waals surface area contributed by atoms with Crippen LogP contribution in [-0.4, -0.2) is 0 Å². The molecular weight excluding hydrogens is 316 g/mol. The van der Waals surface area contributed by atoms with Crippen LogP contribution < -0.4 is 0 Å². The van der Waals surface area contributed by atoms with Crippen LogP contribution >= 0.6 is 11.8 Å². The first-order valence-electron chi connectivity index (χ1n) is 7.66. The third kappa shape index (κ3) is 2.85. The molecule has 0 bridgehead atoms. The molecule has 2 heteroatoms. The van der Waals surface area contributed by atoms with E-state index in [0.29, 0.717) is 0 Å². The van der Waals surface area contributed by atoms with Gasteiger partial charge in [-0.2, -0.15) is 0 Å². The lowest BCUT2D eigenvalue weighted by Gasteiger charge is -2.17. The van der Waals surface area contributed by atoms with Gasteiger partial charge >= 0.3 is 0 Å². The summed E-state index contributed by atoms with van der Waals surface area (Å²) in [4.78, 5) is 5.64. The highest BCUT2D eigenvalue weighted by Crippen LogP contribution is 2.46. The van der Waals surface area contributed by atoms with E-state index in [1.807, 2.05) is 11.8 Å². The summed E-state index contributed by atoms with van der Waals surface area (Å²) >= 11 is 1.89. The van der Waals surface area contributed by atoms with Gasteiger partial charge in [-0.25, -0.2) is 0 Å². The van der Waals surface area contributed by atoms with Crippen molar-refractivity contribution in [2.24, 2.45) is 0 Å². The lowest BCUT2D eigenvalue weighted by molar-refractivity contribution is 1.14. The van der Waals surface area contributed by atoms with Crippen LogP contribution in [0, 0.1) is 0 Å². The minimum Gasteiger partial charge on any atom is -0.0795 e. The van der Waals surface area contributed by atoms with Crippen molar-refractivity contribution in [3.63, 3.8) is 0 Å². The van der Waals surface area contributed by atoms with Crippen molar-refractivity contribution in [1.29, 1.82) is 0 Å². The van der Waals surface area contributed by atoms with E-state index in [0.717, 1.165) is 0 Å². The first kappa shape index (κ1) is 14.7. The highest BCUT2D eigenvalue weighted by Gasteiger charge is 2.34. The summed E-state index contributed by atoms with van der Waals surface area (Å²) in [5, 5.41) is 2.44. The lowest BCUT2D eigenvalue weighted by atomic mass is 10.1. The zero-order chi connectivity index (χ0) is 15.6. The van der Waals surface area contributed by atoms with E-state index in [1.165, 1.54) is 30.7 Å². The molecule has 1 aliphatic heterocycles. The predicted octanol–water partition coefficient (Wildman–Crippen LogP) is 6.25. The fourth-order valence-electron chi connectivity index (χ4n) is 2.74. The summed E-state index contributed by atoms with van der Waals surface area (Å²) < 4.78 is 0. The van der Waals surface area contributed by atoms with E-state index in [2.05, 4.69) is 91.2 Å². The SMILES string of the molecule is C/C(=C\[S+]1c2ccccc2Sc2ccccc21)c1ccccc1. The number of benzene rings is 3. The van der Waals surface area contributed by atoms with Gasteiger partial charge in [0.05, 0.1) is 20.7 Å². The quantitative estimate of drug-likeness (QED) is 0.500. The van der Waals surface area contributed by atoms with E-state index < -0.39 is 0 Å². The Balaban J connectivity index is 1.85. The molecule has 23 heavy (non-hydrogen) atoms. The molecule has 0 aliphatic carbocycles. The van der Waals surface area contributed by atoms with Crippen molar-refractivity contribution < 1.29 is 0 Å². The highest BCUT2D eigenvalue weighted by molar-refractivity contribution is 8.05. The van der Waals surface area contributed by atoms with Crippen molar-refractivity contribution in [3.8, 4) is 0 Å². The molecule has 0 N–H and O–H groups in total. The van der Waals surface area contributed by atoms with E-state index in [1.54, 1.807) is 0 Å². The summed E-state index contributed by atoms with van der Waals surface area (Å²) in [6.07, 6.45) is 0. The van der Waals surface area contributed by atoms with Gasteiger partial charge in [-0.05, 0) is 36.8 Å². The standard InChI is InChI=1S/C21H17S2/c1-16(17-9-3-2-4-10-17)15-23-20-13-7-5-11-18(20)22-19-12-6-8-14-21(19)23/h2-15H,1H3/q+1/b16-15+. The Morgan fingerprint density at radius 1 is 0.739 bits per heavy atom. The molecule has 0 saturated heterocycles. The molecule has 0 aromatic heterocycles. The van der Waals surface area contributed by atoms with Gasteiger partial charge in [0.2, 0.25) is 0 Å². The molecule has 0 spiro atoms. The van der Waals surface area contributed by atoms with Crippen LogP contribution in [0.4, 0.5) is 0 Å². The minimum absolute atomic E-state index is 0.00799. The molecule has 0 radical (unpaired) electrons. The first-order chi connectivity index (χ1) is 11.3. The van der Waals surface area contributed by atoms with E-state index in [9.17, 15) is 0 Å². The molecular formula is C21H17S2+. The van der Waals surface area contributed by atoms with Crippen molar-refractivity contribution in [3.05, 3.63) is 89.8 Å². The van der Waals surface area contributed by atoms with Crippen molar-refractivity contribution in [2.75, 3.05) is 0 Å². The third-order valence-electron chi connectivity index (χ3n) is 3.92.